The summed E-state index contributed by atoms with van der Waals surface area (Å²) in [5.41, 5.74) is 2.20. The van der Waals surface area contributed by atoms with Gasteiger partial charge in [-0.25, -0.2) is 0 Å². The number of amides is 1. The van der Waals surface area contributed by atoms with E-state index in [0.717, 1.165) is 35.6 Å². The first-order valence-corrected chi connectivity index (χ1v) is 8.46. The molecule has 1 fully saturated rings. The molecule has 0 aliphatic carbocycles. The zero-order chi connectivity index (χ0) is 14.5. The second-order valence-electron chi connectivity index (χ2n) is 5.30. The maximum absolute atomic E-state index is 11.4. The smallest absolute Gasteiger partial charge is 0.219 e. The van der Waals surface area contributed by atoms with E-state index in [0.29, 0.717) is 12.6 Å². The van der Waals surface area contributed by atoms with E-state index in [9.17, 15) is 9.00 Å². The zero-order valence-electron chi connectivity index (χ0n) is 12.1. The summed E-state index contributed by atoms with van der Waals surface area (Å²) in [6.45, 7) is 2.18. The third kappa shape index (κ3) is 4.07. The van der Waals surface area contributed by atoms with E-state index in [-0.39, 0.29) is 5.91 Å². The summed E-state index contributed by atoms with van der Waals surface area (Å²) < 4.78 is 11.4. The molecular weight excluding hydrogens is 272 g/mol. The van der Waals surface area contributed by atoms with Crippen LogP contribution in [0.15, 0.2) is 24.3 Å². The van der Waals surface area contributed by atoms with Crippen molar-refractivity contribution in [3.63, 3.8) is 0 Å². The number of hydrogen-bond acceptors (Lipinski definition) is 3. The molecule has 0 aromatic heterocycles. The van der Waals surface area contributed by atoms with E-state index in [2.05, 4.69) is 11.4 Å². The number of benzene rings is 1. The lowest BCUT2D eigenvalue weighted by molar-refractivity contribution is -0.128. The van der Waals surface area contributed by atoms with Crippen molar-refractivity contribution in [2.75, 3.05) is 23.9 Å². The Balaban J connectivity index is 2.04. The van der Waals surface area contributed by atoms with Crippen molar-refractivity contribution in [2.24, 2.45) is 0 Å². The maximum Gasteiger partial charge on any atom is 0.219 e. The van der Waals surface area contributed by atoms with Crippen LogP contribution in [0.1, 0.15) is 25.3 Å². The molecule has 1 aromatic carbocycles. The van der Waals surface area contributed by atoms with Gasteiger partial charge >= 0.3 is 0 Å². The SMILES string of the molecule is CC(=O)N(C)Cc1ccccc1NC1CCS(=O)CC1. The van der Waals surface area contributed by atoms with Crippen molar-refractivity contribution in [1.82, 2.24) is 4.90 Å². The van der Waals surface area contributed by atoms with Crippen LogP contribution >= 0.6 is 0 Å². The Morgan fingerprint density at radius 1 is 1.35 bits per heavy atom. The Morgan fingerprint density at radius 3 is 2.65 bits per heavy atom. The molecule has 1 N–H and O–H groups in total. The lowest BCUT2D eigenvalue weighted by atomic mass is 10.1. The average molecular weight is 294 g/mol. The number of nitrogens with one attached hydrogen (secondary N) is 1. The molecule has 0 saturated carbocycles. The number of anilines is 1. The first-order chi connectivity index (χ1) is 9.56. The van der Waals surface area contributed by atoms with Crippen molar-refractivity contribution in [3.8, 4) is 0 Å². The van der Waals surface area contributed by atoms with Gasteiger partial charge in [0.1, 0.15) is 0 Å². The highest BCUT2D eigenvalue weighted by Crippen LogP contribution is 2.21. The van der Waals surface area contributed by atoms with Crippen molar-refractivity contribution < 1.29 is 9.00 Å². The number of para-hydroxylation sites is 1. The second-order valence-corrected chi connectivity index (χ2v) is 7.00. The van der Waals surface area contributed by atoms with Crippen LogP contribution in [-0.4, -0.2) is 39.6 Å². The quantitative estimate of drug-likeness (QED) is 0.924. The molecule has 0 spiro atoms. The van der Waals surface area contributed by atoms with E-state index in [1.54, 1.807) is 11.8 Å². The van der Waals surface area contributed by atoms with Crippen LogP contribution in [0.2, 0.25) is 0 Å². The number of rotatable bonds is 4. The van der Waals surface area contributed by atoms with Gasteiger partial charge in [-0.2, -0.15) is 0 Å². The molecule has 0 radical (unpaired) electrons. The van der Waals surface area contributed by atoms with Crippen LogP contribution in [0.5, 0.6) is 0 Å². The summed E-state index contributed by atoms with van der Waals surface area (Å²) >= 11 is 0. The lowest BCUT2D eigenvalue weighted by Crippen LogP contribution is -2.30. The third-order valence-corrected chi connectivity index (χ3v) is 5.09. The molecular formula is C15H22N2O2S. The highest BCUT2D eigenvalue weighted by molar-refractivity contribution is 7.85. The molecule has 1 aromatic rings. The Hall–Kier alpha value is -1.36. The molecule has 1 aliphatic rings. The first-order valence-electron chi connectivity index (χ1n) is 6.97. The van der Waals surface area contributed by atoms with Crippen molar-refractivity contribution in [2.45, 2.75) is 32.4 Å². The molecule has 1 amide bonds. The largest absolute Gasteiger partial charge is 0.382 e. The molecule has 4 nitrogen and oxygen atoms in total. The van der Waals surface area contributed by atoms with Gasteiger partial charge in [0.2, 0.25) is 5.91 Å². The second kappa shape index (κ2) is 6.88. The Morgan fingerprint density at radius 2 is 2.00 bits per heavy atom. The number of carbonyl (C=O) groups excluding carboxylic acids is 1. The van der Waals surface area contributed by atoms with Crippen molar-refractivity contribution >= 4 is 22.4 Å². The van der Waals surface area contributed by atoms with Crippen molar-refractivity contribution in [1.29, 1.82) is 0 Å². The minimum absolute atomic E-state index is 0.0628. The molecule has 110 valence electrons. The minimum Gasteiger partial charge on any atom is -0.382 e. The summed E-state index contributed by atoms with van der Waals surface area (Å²) in [7, 11) is 1.18. The predicted molar refractivity (Wildman–Crippen MR) is 83.1 cm³/mol. The lowest BCUT2D eigenvalue weighted by Gasteiger charge is -2.26. The topological polar surface area (TPSA) is 49.4 Å². The van der Waals surface area contributed by atoms with Gasteiger partial charge in [0.05, 0.1) is 0 Å². The summed E-state index contributed by atoms with van der Waals surface area (Å²) in [4.78, 5) is 13.1. The fraction of sp³-hybridized carbons (Fsp3) is 0.533. The Bertz CT molecular complexity index is 494. The summed E-state index contributed by atoms with van der Waals surface area (Å²) in [6.07, 6.45) is 1.90. The molecule has 20 heavy (non-hydrogen) atoms. The standard InChI is InChI=1S/C15H22N2O2S/c1-12(18)17(2)11-13-5-3-4-6-15(13)16-14-7-9-20(19)10-8-14/h3-6,14,16H,7-11H2,1-2H3. The number of nitrogens with zero attached hydrogens (tertiary/aromatic N) is 1. The monoisotopic (exact) mass is 294 g/mol. The van der Waals surface area contributed by atoms with Crippen LogP contribution in [0.4, 0.5) is 5.69 Å². The van der Waals surface area contributed by atoms with Gasteiger partial charge in [0, 0.05) is 54.6 Å². The molecule has 2 rings (SSSR count). The zero-order valence-corrected chi connectivity index (χ0v) is 12.9. The molecule has 0 atom stereocenters. The van der Waals surface area contributed by atoms with E-state index >= 15 is 0 Å². The molecule has 1 heterocycles. The number of carbonyl (C=O) groups is 1. The normalized spacial score (nSPS) is 22.3. The van der Waals surface area contributed by atoms with Gasteiger partial charge in [-0.15, -0.1) is 0 Å². The summed E-state index contributed by atoms with van der Waals surface area (Å²) in [6, 6.07) is 8.47. The van der Waals surface area contributed by atoms with E-state index in [1.165, 1.54) is 0 Å². The Kier molecular flexibility index (Phi) is 5.17. The fourth-order valence-corrected chi connectivity index (χ4v) is 3.62. The predicted octanol–water partition coefficient (Wildman–Crippen LogP) is 1.99. The first kappa shape index (κ1) is 15.0. The molecule has 1 saturated heterocycles. The highest BCUT2D eigenvalue weighted by Gasteiger charge is 2.18. The van der Waals surface area contributed by atoms with E-state index < -0.39 is 10.8 Å². The molecule has 1 aliphatic heterocycles. The van der Waals surface area contributed by atoms with Gasteiger partial charge in [-0.3, -0.25) is 9.00 Å². The molecule has 0 unspecified atom stereocenters. The summed E-state index contributed by atoms with van der Waals surface area (Å²) in [5, 5.41) is 3.54. The highest BCUT2D eigenvalue weighted by atomic mass is 32.2. The number of hydrogen-bond donors (Lipinski definition) is 1. The van der Waals surface area contributed by atoms with Crippen molar-refractivity contribution in [3.05, 3.63) is 29.8 Å². The molecule has 5 heteroatoms. The van der Waals surface area contributed by atoms with Crippen LogP contribution in [0.3, 0.4) is 0 Å². The van der Waals surface area contributed by atoms with Crippen LogP contribution in [-0.2, 0) is 22.1 Å². The van der Waals surface area contributed by atoms with Gasteiger partial charge in [-0.1, -0.05) is 18.2 Å². The average Bonchev–Trinajstić information content (AvgIpc) is 2.43. The van der Waals surface area contributed by atoms with Crippen LogP contribution < -0.4 is 5.32 Å². The van der Waals surface area contributed by atoms with Gasteiger partial charge in [0.15, 0.2) is 0 Å². The van der Waals surface area contributed by atoms with E-state index in [1.807, 2.05) is 25.2 Å². The van der Waals surface area contributed by atoms with Crippen LogP contribution in [0, 0.1) is 0 Å². The van der Waals surface area contributed by atoms with Gasteiger partial charge < -0.3 is 10.2 Å². The fourth-order valence-electron chi connectivity index (χ4n) is 2.32. The summed E-state index contributed by atoms with van der Waals surface area (Å²) in [5.74, 6) is 1.63. The van der Waals surface area contributed by atoms with Crippen LogP contribution in [0.25, 0.3) is 0 Å². The Labute approximate surface area is 123 Å². The van der Waals surface area contributed by atoms with Gasteiger partial charge in [0.25, 0.3) is 0 Å². The minimum atomic E-state index is -0.632. The molecule has 0 bridgehead atoms. The van der Waals surface area contributed by atoms with E-state index in [4.69, 9.17) is 0 Å². The maximum atomic E-state index is 11.4. The van der Waals surface area contributed by atoms with Gasteiger partial charge in [-0.05, 0) is 24.5 Å². The third-order valence-electron chi connectivity index (χ3n) is 3.71.